The fourth-order valence-corrected chi connectivity index (χ4v) is 0.631. The van der Waals surface area contributed by atoms with Crippen molar-refractivity contribution in [3.63, 3.8) is 0 Å². The number of primary amides is 1. The van der Waals surface area contributed by atoms with E-state index in [2.05, 4.69) is 22.8 Å². The van der Waals surface area contributed by atoms with Crippen LogP contribution < -0.4 is 5.73 Å². The van der Waals surface area contributed by atoms with Gasteiger partial charge in [-0.1, -0.05) is 0 Å². The fourth-order valence-electron chi connectivity index (χ4n) is 0.126. The number of nitrogens with zero attached hydrogens (tertiary/aromatic N) is 1. The molecule has 60 valence electrons. The number of carbonyl (C=O) groups excluding carboxylic acids is 1. The van der Waals surface area contributed by atoms with E-state index in [1.807, 2.05) is 0 Å². The smallest absolute Gasteiger partial charge is 0.349 e. The van der Waals surface area contributed by atoms with E-state index in [0.717, 1.165) is 0 Å². The van der Waals surface area contributed by atoms with Gasteiger partial charge in [0, 0.05) is 0 Å². The summed E-state index contributed by atoms with van der Waals surface area (Å²) in [5.74, 6) is 0. The molecule has 0 aromatic carbocycles. The quantitative estimate of drug-likeness (QED) is 0.291. The number of hydrogen-bond donors (Lipinski definition) is 3. The molecule has 9 heteroatoms. The number of carbonyl (C=O) groups is 1. The third-order valence-electron chi connectivity index (χ3n) is 0.353. The zero-order chi connectivity index (χ0) is 8.36. The zero-order valence-electron chi connectivity index (χ0n) is 4.46. The molecule has 0 fully saturated rings. The standard InChI is InChI=1S/CH4N2O5S2/c2-1(4)3(9)8-10(5,6)7/h9H,(H2,2,4)(H,5,6,7). The van der Waals surface area contributed by atoms with E-state index in [4.69, 9.17) is 4.55 Å². The highest BCUT2D eigenvalue weighted by Crippen LogP contribution is 1.97. The average Bonchev–Trinajstić information content (AvgIpc) is 1.60. The summed E-state index contributed by atoms with van der Waals surface area (Å²) < 4.78 is 30.8. The Balaban J connectivity index is 4.06. The fraction of sp³-hybridized carbons (Fsp3) is 0. The van der Waals surface area contributed by atoms with Gasteiger partial charge >= 0.3 is 16.4 Å². The highest BCUT2D eigenvalue weighted by atomic mass is 32.3. The lowest BCUT2D eigenvalue weighted by molar-refractivity contribution is 0.0800. The van der Waals surface area contributed by atoms with Gasteiger partial charge in [-0.2, -0.15) is 8.42 Å². The SMILES string of the molecule is NC(=O)N(S)OS(=O)(=O)O. The molecule has 0 aromatic rings. The second-order valence-corrected chi connectivity index (χ2v) is 2.48. The van der Waals surface area contributed by atoms with Crippen LogP contribution in [0.3, 0.4) is 0 Å². The summed E-state index contributed by atoms with van der Waals surface area (Å²) in [4.78, 5) is 9.95. The molecule has 10 heavy (non-hydrogen) atoms. The largest absolute Gasteiger partial charge is 0.419 e. The normalized spacial score (nSPS) is 11.0. The van der Waals surface area contributed by atoms with Gasteiger partial charge in [0.25, 0.3) is 0 Å². The monoisotopic (exact) mass is 188 g/mol. The summed E-state index contributed by atoms with van der Waals surface area (Å²) in [6.07, 6.45) is 0. The Morgan fingerprint density at radius 1 is 1.70 bits per heavy atom. The maximum atomic E-state index is 9.95. The minimum absolute atomic E-state index is 0.130. The number of rotatable bonds is 2. The van der Waals surface area contributed by atoms with Gasteiger partial charge in [0.2, 0.25) is 0 Å². The Morgan fingerprint density at radius 2 is 2.10 bits per heavy atom. The third kappa shape index (κ3) is 4.38. The number of hydroxylamine groups is 1. The predicted molar refractivity (Wildman–Crippen MR) is 33.0 cm³/mol. The first-order valence-electron chi connectivity index (χ1n) is 1.78. The van der Waals surface area contributed by atoms with Crippen LogP contribution in [0.1, 0.15) is 0 Å². The average molecular weight is 188 g/mol. The lowest BCUT2D eigenvalue weighted by atomic mass is 11.2. The second kappa shape index (κ2) is 3.05. The summed E-state index contributed by atoms with van der Waals surface area (Å²) in [6.45, 7) is 0. The van der Waals surface area contributed by atoms with E-state index < -0.39 is 16.4 Å². The summed E-state index contributed by atoms with van der Waals surface area (Å²) in [5, 5.41) is 0. The van der Waals surface area contributed by atoms with Gasteiger partial charge in [-0.05, 0) is 12.8 Å². The Bertz CT molecular complexity index is 220. The van der Waals surface area contributed by atoms with Crippen molar-refractivity contribution in [1.29, 1.82) is 0 Å². The topological polar surface area (TPSA) is 110 Å². The molecular formula is CH4N2O5S2. The number of amides is 2. The first kappa shape index (κ1) is 9.49. The van der Waals surface area contributed by atoms with Crippen LogP contribution in [0.15, 0.2) is 0 Å². The Morgan fingerprint density at radius 3 is 2.20 bits per heavy atom. The van der Waals surface area contributed by atoms with E-state index in [1.54, 1.807) is 0 Å². The van der Waals surface area contributed by atoms with Crippen LogP contribution in [0.2, 0.25) is 0 Å². The molecule has 0 aliphatic carbocycles. The van der Waals surface area contributed by atoms with Crippen molar-refractivity contribution in [3.05, 3.63) is 0 Å². The van der Waals surface area contributed by atoms with Crippen LogP contribution in [-0.4, -0.2) is 23.5 Å². The van der Waals surface area contributed by atoms with E-state index in [0.29, 0.717) is 0 Å². The highest BCUT2D eigenvalue weighted by molar-refractivity contribution is 7.82. The summed E-state index contributed by atoms with van der Waals surface area (Å²) in [5.41, 5.74) is 4.45. The summed E-state index contributed by atoms with van der Waals surface area (Å²) in [6, 6.07) is -1.26. The van der Waals surface area contributed by atoms with E-state index >= 15 is 0 Å². The number of urea groups is 1. The Hall–Kier alpha value is -0.510. The molecule has 0 aliphatic heterocycles. The maximum Gasteiger partial charge on any atom is 0.419 e. The molecule has 0 saturated carbocycles. The molecule has 2 amide bonds. The van der Waals surface area contributed by atoms with E-state index in [-0.39, 0.29) is 4.47 Å². The van der Waals surface area contributed by atoms with Gasteiger partial charge in [-0.25, -0.2) is 4.79 Å². The summed E-state index contributed by atoms with van der Waals surface area (Å²) in [7, 11) is -4.72. The molecule has 0 bridgehead atoms. The van der Waals surface area contributed by atoms with Crippen molar-refractivity contribution in [1.82, 2.24) is 4.47 Å². The van der Waals surface area contributed by atoms with Gasteiger partial charge < -0.3 is 5.73 Å². The molecule has 7 nitrogen and oxygen atoms in total. The molecule has 3 N–H and O–H groups in total. The van der Waals surface area contributed by atoms with Gasteiger partial charge in [0.1, 0.15) is 0 Å². The van der Waals surface area contributed by atoms with Gasteiger partial charge in [-0.3, -0.25) is 4.55 Å². The van der Waals surface area contributed by atoms with Crippen molar-refractivity contribution < 1.29 is 22.0 Å². The highest BCUT2D eigenvalue weighted by Gasteiger charge is 2.13. The van der Waals surface area contributed by atoms with Crippen LogP contribution in [-0.2, 0) is 14.7 Å². The molecule has 0 spiro atoms. The Kier molecular flexibility index (Phi) is 2.90. The van der Waals surface area contributed by atoms with Crippen LogP contribution in [0.5, 0.6) is 0 Å². The predicted octanol–water partition coefficient (Wildman–Crippen LogP) is -1.05. The first-order valence-corrected chi connectivity index (χ1v) is 3.55. The second-order valence-electron chi connectivity index (χ2n) is 1.11. The summed E-state index contributed by atoms with van der Waals surface area (Å²) >= 11 is 3.12. The molecule has 0 aliphatic rings. The van der Waals surface area contributed by atoms with Crippen molar-refractivity contribution >= 4 is 29.2 Å². The van der Waals surface area contributed by atoms with Crippen LogP contribution >= 0.6 is 12.8 Å². The Labute approximate surface area is 62.2 Å². The zero-order valence-corrected chi connectivity index (χ0v) is 6.17. The molecular weight excluding hydrogens is 184 g/mol. The van der Waals surface area contributed by atoms with Crippen molar-refractivity contribution in [3.8, 4) is 0 Å². The minimum Gasteiger partial charge on any atom is -0.349 e. The van der Waals surface area contributed by atoms with Gasteiger partial charge in [0.15, 0.2) is 0 Å². The number of thiol groups is 1. The maximum absolute atomic E-state index is 9.95. The third-order valence-corrected chi connectivity index (χ3v) is 1.08. The molecule has 0 atom stereocenters. The van der Waals surface area contributed by atoms with Crippen LogP contribution in [0.4, 0.5) is 4.79 Å². The van der Waals surface area contributed by atoms with Gasteiger partial charge in [0.05, 0.1) is 0 Å². The van der Waals surface area contributed by atoms with E-state index in [9.17, 15) is 13.2 Å². The molecule has 0 unspecified atom stereocenters. The molecule has 0 rings (SSSR count). The first-order chi connectivity index (χ1) is 4.33. The van der Waals surface area contributed by atoms with E-state index in [1.165, 1.54) is 0 Å². The molecule has 0 radical (unpaired) electrons. The molecule has 0 aromatic heterocycles. The number of nitrogens with two attached hydrogens (primary N) is 1. The minimum atomic E-state index is -4.72. The van der Waals surface area contributed by atoms with Crippen molar-refractivity contribution in [2.75, 3.05) is 0 Å². The number of hydrogen-bond acceptors (Lipinski definition) is 5. The molecule has 0 heterocycles. The van der Waals surface area contributed by atoms with Crippen LogP contribution in [0, 0.1) is 0 Å². The lowest BCUT2D eigenvalue weighted by Gasteiger charge is -2.06. The lowest BCUT2D eigenvalue weighted by Crippen LogP contribution is -2.30. The molecule has 0 saturated heterocycles. The van der Waals surface area contributed by atoms with Crippen molar-refractivity contribution in [2.24, 2.45) is 5.73 Å². The van der Waals surface area contributed by atoms with Crippen molar-refractivity contribution in [2.45, 2.75) is 0 Å². The van der Waals surface area contributed by atoms with Gasteiger partial charge in [-0.15, -0.1) is 8.75 Å². The van der Waals surface area contributed by atoms with Crippen LogP contribution in [0.25, 0.3) is 0 Å².